The van der Waals surface area contributed by atoms with Crippen LogP contribution in [0.5, 0.6) is 0 Å². The van der Waals surface area contributed by atoms with E-state index in [-0.39, 0.29) is 6.04 Å². The van der Waals surface area contributed by atoms with Gasteiger partial charge in [-0.05, 0) is 43.3 Å². The lowest BCUT2D eigenvalue weighted by Crippen LogP contribution is -2.51. The second kappa shape index (κ2) is 9.51. The molecule has 4 heterocycles. The number of halogens is 3. The molecule has 1 aliphatic heterocycles. The van der Waals surface area contributed by atoms with E-state index in [1.54, 1.807) is 6.07 Å². The summed E-state index contributed by atoms with van der Waals surface area (Å²) in [5, 5.41) is 16.6. The lowest BCUT2D eigenvalue weighted by Gasteiger charge is -2.40. The lowest BCUT2D eigenvalue weighted by atomic mass is 10.1. The fraction of sp³-hybridized carbons (Fsp3) is 0.269. The number of hydrogen-bond donors (Lipinski definition) is 1. The molecule has 1 atom stereocenters. The van der Waals surface area contributed by atoms with Crippen LogP contribution in [0.4, 0.5) is 19.0 Å². The van der Waals surface area contributed by atoms with Crippen molar-refractivity contribution in [2.75, 3.05) is 24.5 Å². The summed E-state index contributed by atoms with van der Waals surface area (Å²) in [4.78, 5) is 8.42. The van der Waals surface area contributed by atoms with Crippen molar-refractivity contribution in [1.29, 1.82) is 5.26 Å². The molecule has 0 aliphatic carbocycles. The summed E-state index contributed by atoms with van der Waals surface area (Å²) in [6, 6.07) is 16.4. The Morgan fingerprint density at radius 3 is 2.56 bits per heavy atom. The average molecular weight is 492 g/mol. The van der Waals surface area contributed by atoms with Crippen LogP contribution in [0.3, 0.4) is 0 Å². The van der Waals surface area contributed by atoms with E-state index in [0.29, 0.717) is 24.6 Å². The van der Waals surface area contributed by atoms with Crippen LogP contribution in [0, 0.1) is 11.3 Å². The van der Waals surface area contributed by atoms with Gasteiger partial charge in [-0.1, -0.05) is 12.1 Å². The zero-order chi connectivity index (χ0) is 25.3. The first-order valence-corrected chi connectivity index (χ1v) is 11.6. The summed E-state index contributed by atoms with van der Waals surface area (Å²) in [5.74, 6) is 0.557. The van der Waals surface area contributed by atoms with Gasteiger partial charge in [-0.3, -0.25) is 10.00 Å². The van der Waals surface area contributed by atoms with Crippen molar-refractivity contribution < 1.29 is 13.2 Å². The third kappa shape index (κ3) is 4.70. The van der Waals surface area contributed by atoms with Gasteiger partial charge in [0.25, 0.3) is 0 Å². The van der Waals surface area contributed by atoms with E-state index < -0.39 is 11.7 Å². The van der Waals surface area contributed by atoms with Gasteiger partial charge in [-0.25, -0.2) is 4.98 Å². The molecule has 10 heteroatoms. The van der Waals surface area contributed by atoms with E-state index in [9.17, 15) is 18.4 Å². The third-order valence-electron chi connectivity index (χ3n) is 6.49. The number of aromatic nitrogens is 4. The van der Waals surface area contributed by atoms with Crippen molar-refractivity contribution in [3.05, 3.63) is 83.9 Å². The predicted octanol–water partition coefficient (Wildman–Crippen LogP) is 4.86. The normalized spacial score (nSPS) is 16.8. The molecule has 0 radical (unpaired) electrons. The first kappa shape index (κ1) is 23.6. The molecule has 1 aliphatic rings. The van der Waals surface area contributed by atoms with E-state index in [4.69, 9.17) is 0 Å². The number of piperazine rings is 1. The van der Waals surface area contributed by atoms with Crippen LogP contribution >= 0.6 is 0 Å². The van der Waals surface area contributed by atoms with Crippen LogP contribution in [-0.4, -0.2) is 50.3 Å². The summed E-state index contributed by atoms with van der Waals surface area (Å²) in [7, 11) is 0. The number of aromatic amines is 1. The maximum absolute atomic E-state index is 12.9. The molecule has 1 saturated heterocycles. The SMILES string of the molecule is CC1CN(Cc2cn[nH]c2-c2ccc(-n3cccc3C#N)cc2)CCN1c1ccc(C(F)(F)F)cn1. The van der Waals surface area contributed by atoms with Gasteiger partial charge in [-0.15, -0.1) is 0 Å². The molecule has 0 spiro atoms. The fourth-order valence-corrected chi connectivity index (χ4v) is 4.65. The van der Waals surface area contributed by atoms with Crippen molar-refractivity contribution in [2.24, 2.45) is 0 Å². The van der Waals surface area contributed by atoms with Crippen LogP contribution in [0.2, 0.25) is 0 Å². The quantitative estimate of drug-likeness (QED) is 0.431. The maximum atomic E-state index is 12.9. The highest BCUT2D eigenvalue weighted by Gasteiger charge is 2.32. The smallest absolute Gasteiger partial charge is 0.351 e. The van der Waals surface area contributed by atoms with Gasteiger partial charge in [0.2, 0.25) is 0 Å². The Morgan fingerprint density at radius 1 is 1.08 bits per heavy atom. The molecule has 5 rings (SSSR count). The molecule has 36 heavy (non-hydrogen) atoms. The minimum Gasteiger partial charge on any atom is -0.351 e. The zero-order valence-corrected chi connectivity index (χ0v) is 19.6. The molecule has 1 aromatic carbocycles. The Morgan fingerprint density at radius 2 is 1.89 bits per heavy atom. The molecular formula is C26H24F3N7. The standard InChI is InChI=1S/C26H24F3N7/c1-18-16-34(11-12-35(18)24-9-6-21(15-31-24)26(27,28)29)17-20-14-32-33-25(20)19-4-7-22(8-5-19)36-10-2-3-23(36)13-30/h2-10,14-15,18H,11-12,16-17H2,1H3,(H,32,33). The van der Waals surface area contributed by atoms with E-state index in [1.807, 2.05) is 52.2 Å². The number of nitrogens with one attached hydrogen (secondary N) is 1. The summed E-state index contributed by atoms with van der Waals surface area (Å²) in [6.45, 7) is 4.91. The molecule has 0 amide bonds. The van der Waals surface area contributed by atoms with Crippen molar-refractivity contribution in [3.63, 3.8) is 0 Å². The number of rotatable bonds is 5. The number of benzene rings is 1. The Kier molecular flexibility index (Phi) is 6.24. The first-order valence-electron chi connectivity index (χ1n) is 11.6. The number of alkyl halides is 3. The van der Waals surface area contributed by atoms with Crippen molar-refractivity contribution in [2.45, 2.75) is 25.7 Å². The van der Waals surface area contributed by atoms with E-state index in [1.165, 1.54) is 6.07 Å². The molecule has 0 saturated carbocycles. The summed E-state index contributed by atoms with van der Waals surface area (Å²) in [6.07, 6.45) is 0.197. The van der Waals surface area contributed by atoms with E-state index in [2.05, 4.69) is 33.1 Å². The highest BCUT2D eigenvalue weighted by Crippen LogP contribution is 2.30. The second-order valence-corrected chi connectivity index (χ2v) is 8.87. The molecule has 184 valence electrons. The Hall–Kier alpha value is -4.10. The zero-order valence-electron chi connectivity index (χ0n) is 19.6. The van der Waals surface area contributed by atoms with Gasteiger partial charge in [0.1, 0.15) is 17.6 Å². The summed E-state index contributed by atoms with van der Waals surface area (Å²) >= 11 is 0. The highest BCUT2D eigenvalue weighted by atomic mass is 19.4. The molecule has 1 fully saturated rings. The van der Waals surface area contributed by atoms with Crippen molar-refractivity contribution in [3.8, 4) is 23.0 Å². The van der Waals surface area contributed by atoms with Crippen molar-refractivity contribution >= 4 is 5.82 Å². The minimum absolute atomic E-state index is 0.0912. The van der Waals surface area contributed by atoms with Crippen molar-refractivity contribution in [1.82, 2.24) is 24.6 Å². The molecule has 1 N–H and O–H groups in total. The highest BCUT2D eigenvalue weighted by molar-refractivity contribution is 5.64. The number of nitriles is 1. The largest absolute Gasteiger partial charge is 0.417 e. The van der Waals surface area contributed by atoms with Crippen LogP contribution in [0.25, 0.3) is 16.9 Å². The number of pyridine rings is 1. The predicted molar refractivity (Wildman–Crippen MR) is 129 cm³/mol. The summed E-state index contributed by atoms with van der Waals surface area (Å²) in [5.41, 5.74) is 3.74. The lowest BCUT2D eigenvalue weighted by molar-refractivity contribution is -0.137. The third-order valence-corrected chi connectivity index (χ3v) is 6.49. The molecule has 1 unspecified atom stereocenters. The maximum Gasteiger partial charge on any atom is 0.417 e. The van der Waals surface area contributed by atoms with Crippen LogP contribution in [-0.2, 0) is 12.7 Å². The van der Waals surface area contributed by atoms with Crippen LogP contribution in [0.1, 0.15) is 23.7 Å². The van der Waals surface area contributed by atoms with Crippen LogP contribution < -0.4 is 4.90 Å². The Labute approximate surface area is 206 Å². The molecule has 3 aromatic heterocycles. The first-order chi connectivity index (χ1) is 17.3. The summed E-state index contributed by atoms with van der Waals surface area (Å²) < 4.78 is 40.4. The number of H-pyrrole nitrogens is 1. The second-order valence-electron chi connectivity index (χ2n) is 8.87. The van der Waals surface area contributed by atoms with Gasteiger partial charge in [0, 0.05) is 61.4 Å². The van der Waals surface area contributed by atoms with Gasteiger partial charge in [0.15, 0.2) is 0 Å². The Bertz CT molecular complexity index is 1360. The van der Waals surface area contributed by atoms with E-state index in [0.717, 1.165) is 47.9 Å². The number of anilines is 1. The molecular weight excluding hydrogens is 467 g/mol. The topological polar surface area (TPSA) is 76.8 Å². The molecule has 0 bridgehead atoms. The minimum atomic E-state index is -4.39. The fourth-order valence-electron chi connectivity index (χ4n) is 4.65. The van der Waals surface area contributed by atoms with Crippen LogP contribution in [0.15, 0.2) is 67.1 Å². The monoisotopic (exact) mass is 491 g/mol. The Balaban J connectivity index is 1.25. The average Bonchev–Trinajstić information content (AvgIpc) is 3.53. The molecule has 4 aromatic rings. The van der Waals surface area contributed by atoms with Gasteiger partial charge >= 0.3 is 6.18 Å². The number of hydrogen-bond acceptors (Lipinski definition) is 5. The number of nitrogens with zero attached hydrogens (tertiary/aromatic N) is 6. The molecule has 7 nitrogen and oxygen atoms in total. The van der Waals surface area contributed by atoms with Gasteiger partial charge in [0.05, 0.1) is 17.5 Å². The van der Waals surface area contributed by atoms with Gasteiger partial charge in [-0.2, -0.15) is 23.5 Å². The van der Waals surface area contributed by atoms with Gasteiger partial charge < -0.3 is 9.47 Å². The van der Waals surface area contributed by atoms with E-state index >= 15 is 0 Å².